The first-order chi connectivity index (χ1) is 9.50. The summed E-state index contributed by atoms with van der Waals surface area (Å²) in [5.74, 6) is 1.19. The number of ether oxygens (including phenoxy) is 1. The zero-order valence-corrected chi connectivity index (χ0v) is 15.9. The second-order valence-electron chi connectivity index (χ2n) is 8.70. The standard InChI is InChI=1S/C18H32O2Si/c1-17(2,3)19-16-10-8-9-14-13-15(20-21(5,6)7)11-12-18(14,16)4/h9,13,16H,8,10-12H2,1-7H3. The molecule has 0 amide bonds. The summed E-state index contributed by atoms with van der Waals surface area (Å²) in [4.78, 5) is 0. The lowest BCUT2D eigenvalue weighted by atomic mass is 9.66. The first kappa shape index (κ1) is 16.8. The average Bonchev–Trinajstić information content (AvgIpc) is 2.27. The Morgan fingerprint density at radius 3 is 2.48 bits per heavy atom. The van der Waals surface area contributed by atoms with Crippen LogP contribution in [-0.4, -0.2) is 20.0 Å². The number of allylic oxidation sites excluding steroid dienone is 3. The molecule has 0 aromatic heterocycles. The fraction of sp³-hybridized carbons (Fsp3) is 0.778. The summed E-state index contributed by atoms with van der Waals surface area (Å²) in [6.45, 7) is 15.6. The highest BCUT2D eigenvalue weighted by Gasteiger charge is 2.43. The van der Waals surface area contributed by atoms with E-state index in [1.54, 1.807) is 0 Å². The summed E-state index contributed by atoms with van der Waals surface area (Å²) in [7, 11) is -1.51. The maximum absolute atomic E-state index is 6.39. The SMILES string of the molecule is CC(C)(C)OC1CCC=C2C=C(O[Si](C)(C)C)CCC21C. The molecule has 2 aliphatic rings. The molecule has 2 rings (SSSR count). The van der Waals surface area contributed by atoms with Gasteiger partial charge in [0.05, 0.1) is 17.5 Å². The van der Waals surface area contributed by atoms with Gasteiger partial charge in [-0.1, -0.05) is 13.0 Å². The van der Waals surface area contributed by atoms with Gasteiger partial charge >= 0.3 is 0 Å². The normalized spacial score (nSPS) is 30.3. The van der Waals surface area contributed by atoms with E-state index in [-0.39, 0.29) is 11.0 Å². The van der Waals surface area contributed by atoms with Gasteiger partial charge in [-0.3, -0.25) is 0 Å². The van der Waals surface area contributed by atoms with E-state index in [9.17, 15) is 0 Å². The molecule has 0 spiro atoms. The Labute approximate surface area is 131 Å². The van der Waals surface area contributed by atoms with Crippen molar-refractivity contribution in [2.24, 2.45) is 5.41 Å². The van der Waals surface area contributed by atoms with Crippen molar-refractivity contribution in [3.63, 3.8) is 0 Å². The van der Waals surface area contributed by atoms with E-state index < -0.39 is 8.32 Å². The van der Waals surface area contributed by atoms with Gasteiger partial charge in [-0.2, -0.15) is 0 Å². The molecule has 2 atom stereocenters. The summed E-state index contributed by atoms with van der Waals surface area (Å²) in [5.41, 5.74) is 1.51. The predicted octanol–water partition coefficient (Wildman–Crippen LogP) is 5.43. The lowest BCUT2D eigenvalue weighted by molar-refractivity contribution is -0.112. The third kappa shape index (κ3) is 4.23. The van der Waals surface area contributed by atoms with Crippen molar-refractivity contribution < 1.29 is 9.16 Å². The molecule has 21 heavy (non-hydrogen) atoms. The predicted molar refractivity (Wildman–Crippen MR) is 91.8 cm³/mol. The molecule has 0 heterocycles. The molecule has 0 N–H and O–H groups in total. The van der Waals surface area contributed by atoms with E-state index >= 15 is 0 Å². The smallest absolute Gasteiger partial charge is 0.241 e. The Morgan fingerprint density at radius 1 is 1.24 bits per heavy atom. The quantitative estimate of drug-likeness (QED) is 0.648. The monoisotopic (exact) mass is 308 g/mol. The molecular formula is C18H32O2Si. The van der Waals surface area contributed by atoms with Crippen LogP contribution in [0.1, 0.15) is 53.4 Å². The van der Waals surface area contributed by atoms with Gasteiger partial charge in [0.15, 0.2) is 0 Å². The average molecular weight is 309 g/mol. The zero-order valence-electron chi connectivity index (χ0n) is 14.9. The van der Waals surface area contributed by atoms with Crippen molar-refractivity contribution in [3.05, 3.63) is 23.5 Å². The minimum Gasteiger partial charge on any atom is -0.547 e. The number of hydrogen-bond donors (Lipinski definition) is 0. The zero-order chi connectivity index (χ0) is 15.9. The maximum Gasteiger partial charge on any atom is 0.241 e. The summed E-state index contributed by atoms with van der Waals surface area (Å²) in [5, 5.41) is 0. The van der Waals surface area contributed by atoms with E-state index in [4.69, 9.17) is 9.16 Å². The second kappa shape index (κ2) is 5.58. The second-order valence-corrected chi connectivity index (χ2v) is 13.1. The van der Waals surface area contributed by atoms with Crippen molar-refractivity contribution in [2.45, 2.75) is 84.7 Å². The van der Waals surface area contributed by atoms with Crippen LogP contribution in [0.4, 0.5) is 0 Å². The van der Waals surface area contributed by atoms with Gasteiger partial charge in [0.1, 0.15) is 0 Å². The molecule has 0 saturated heterocycles. The summed E-state index contributed by atoms with van der Waals surface area (Å²) < 4.78 is 12.6. The molecule has 0 bridgehead atoms. The van der Waals surface area contributed by atoms with Crippen molar-refractivity contribution in [3.8, 4) is 0 Å². The Bertz CT molecular complexity index is 451. The van der Waals surface area contributed by atoms with Crippen molar-refractivity contribution >= 4 is 8.32 Å². The fourth-order valence-electron chi connectivity index (χ4n) is 3.37. The molecule has 3 heteroatoms. The van der Waals surface area contributed by atoms with Gasteiger partial charge in [-0.25, -0.2) is 0 Å². The van der Waals surface area contributed by atoms with E-state index in [2.05, 4.69) is 59.5 Å². The number of hydrogen-bond acceptors (Lipinski definition) is 2. The molecule has 0 aromatic carbocycles. The van der Waals surface area contributed by atoms with E-state index in [1.165, 1.54) is 11.3 Å². The lowest BCUT2D eigenvalue weighted by Crippen LogP contribution is -2.44. The third-order valence-corrected chi connectivity index (χ3v) is 5.18. The fourth-order valence-corrected chi connectivity index (χ4v) is 4.32. The van der Waals surface area contributed by atoms with Crippen LogP contribution in [0.15, 0.2) is 23.5 Å². The van der Waals surface area contributed by atoms with E-state index in [1.807, 2.05) is 0 Å². The highest BCUT2D eigenvalue weighted by Crippen LogP contribution is 2.48. The van der Waals surface area contributed by atoms with Crippen LogP contribution in [0.5, 0.6) is 0 Å². The van der Waals surface area contributed by atoms with Gasteiger partial charge in [-0.05, 0) is 71.3 Å². The molecular weight excluding hydrogens is 276 g/mol. The molecule has 0 aliphatic heterocycles. The Hall–Kier alpha value is -0.543. The van der Waals surface area contributed by atoms with Crippen molar-refractivity contribution in [2.75, 3.05) is 0 Å². The highest BCUT2D eigenvalue weighted by atomic mass is 28.4. The van der Waals surface area contributed by atoms with Crippen LogP contribution in [-0.2, 0) is 9.16 Å². The van der Waals surface area contributed by atoms with Crippen LogP contribution in [0.3, 0.4) is 0 Å². The lowest BCUT2D eigenvalue weighted by Gasteiger charge is -2.46. The largest absolute Gasteiger partial charge is 0.547 e. The van der Waals surface area contributed by atoms with E-state index in [0.29, 0.717) is 6.10 Å². The van der Waals surface area contributed by atoms with Crippen molar-refractivity contribution in [1.82, 2.24) is 0 Å². The van der Waals surface area contributed by atoms with Gasteiger partial charge < -0.3 is 9.16 Å². The summed E-state index contributed by atoms with van der Waals surface area (Å²) >= 11 is 0. The van der Waals surface area contributed by atoms with Crippen LogP contribution in [0, 0.1) is 5.41 Å². The van der Waals surface area contributed by atoms with Gasteiger partial charge in [0, 0.05) is 11.8 Å². The van der Waals surface area contributed by atoms with Crippen LogP contribution in [0.2, 0.25) is 19.6 Å². The van der Waals surface area contributed by atoms with Gasteiger partial charge in [-0.15, -0.1) is 0 Å². The number of rotatable bonds is 3. The Kier molecular flexibility index (Phi) is 4.47. The molecule has 120 valence electrons. The van der Waals surface area contributed by atoms with Crippen LogP contribution in [0.25, 0.3) is 0 Å². The molecule has 0 aromatic rings. The third-order valence-electron chi connectivity index (χ3n) is 4.30. The van der Waals surface area contributed by atoms with Crippen LogP contribution >= 0.6 is 0 Å². The van der Waals surface area contributed by atoms with Gasteiger partial charge in [0.25, 0.3) is 0 Å². The maximum atomic E-state index is 6.39. The topological polar surface area (TPSA) is 18.5 Å². The summed E-state index contributed by atoms with van der Waals surface area (Å²) in [6, 6.07) is 0. The molecule has 0 fully saturated rings. The first-order valence-corrected chi connectivity index (χ1v) is 11.7. The Balaban J connectivity index is 2.20. The minimum absolute atomic E-state index is 0.0745. The summed E-state index contributed by atoms with van der Waals surface area (Å²) in [6.07, 6.45) is 9.45. The molecule has 2 unspecified atom stereocenters. The van der Waals surface area contributed by atoms with Crippen molar-refractivity contribution in [1.29, 1.82) is 0 Å². The first-order valence-electron chi connectivity index (χ1n) is 8.28. The molecule has 0 radical (unpaired) electrons. The van der Waals surface area contributed by atoms with Crippen LogP contribution < -0.4 is 0 Å². The number of fused-ring (bicyclic) bond motifs is 1. The molecule has 0 saturated carbocycles. The highest BCUT2D eigenvalue weighted by molar-refractivity contribution is 6.70. The van der Waals surface area contributed by atoms with Gasteiger partial charge in [0.2, 0.25) is 8.32 Å². The minimum atomic E-state index is -1.51. The Morgan fingerprint density at radius 2 is 1.90 bits per heavy atom. The van der Waals surface area contributed by atoms with E-state index in [0.717, 1.165) is 25.7 Å². The molecule has 2 aliphatic carbocycles. The molecule has 2 nitrogen and oxygen atoms in total.